The van der Waals surface area contributed by atoms with Gasteiger partial charge in [-0.25, -0.2) is 8.42 Å². The normalized spacial score (nSPS) is 18.9. The van der Waals surface area contributed by atoms with E-state index < -0.39 is 10.0 Å². The highest BCUT2D eigenvalue weighted by atomic mass is 32.2. The summed E-state index contributed by atoms with van der Waals surface area (Å²) in [5.41, 5.74) is 1.19. The van der Waals surface area contributed by atoms with Gasteiger partial charge in [0.15, 0.2) is 0 Å². The second kappa shape index (κ2) is 7.69. The topological polar surface area (TPSA) is 57.7 Å². The van der Waals surface area contributed by atoms with E-state index in [1.165, 1.54) is 0 Å². The summed E-state index contributed by atoms with van der Waals surface area (Å²) in [6.07, 6.45) is 4.98. The lowest BCUT2D eigenvalue weighted by atomic mass is 10.1. The van der Waals surface area contributed by atoms with E-state index in [1.807, 2.05) is 4.90 Å². The standard InChI is InChI=1S/C20H30N2O3S/c1-15(2)14-22(18-9-10-18)20(23)17-8-7-16(3)19(13-17)26(24,25)21-11-5-4-6-12-21/h7-8,13,15,18H,4-6,9-12,14H2,1-3H3. The Kier molecular flexibility index (Phi) is 5.72. The lowest BCUT2D eigenvalue weighted by Gasteiger charge is -2.27. The number of sulfonamides is 1. The lowest BCUT2D eigenvalue weighted by Crippen LogP contribution is -2.37. The molecule has 0 N–H and O–H groups in total. The second-order valence-corrected chi connectivity index (χ2v) is 9.93. The molecular formula is C20H30N2O3S. The molecule has 1 saturated heterocycles. The molecule has 26 heavy (non-hydrogen) atoms. The highest BCUT2D eigenvalue weighted by Gasteiger charge is 2.34. The van der Waals surface area contributed by atoms with Crippen LogP contribution in [-0.2, 0) is 10.0 Å². The summed E-state index contributed by atoms with van der Waals surface area (Å²) >= 11 is 0. The first-order valence-electron chi connectivity index (χ1n) is 9.72. The van der Waals surface area contributed by atoms with Gasteiger partial charge >= 0.3 is 0 Å². The summed E-state index contributed by atoms with van der Waals surface area (Å²) < 4.78 is 27.7. The molecule has 1 amide bonds. The van der Waals surface area contributed by atoms with Crippen LogP contribution in [-0.4, -0.2) is 49.2 Å². The number of nitrogens with zero attached hydrogens (tertiary/aromatic N) is 2. The molecule has 0 aromatic heterocycles. The van der Waals surface area contributed by atoms with Gasteiger partial charge in [0.2, 0.25) is 10.0 Å². The highest BCUT2D eigenvalue weighted by Crippen LogP contribution is 2.30. The molecule has 1 saturated carbocycles. The van der Waals surface area contributed by atoms with Crippen LogP contribution in [0.5, 0.6) is 0 Å². The minimum absolute atomic E-state index is 0.0451. The summed E-state index contributed by atoms with van der Waals surface area (Å²) in [6, 6.07) is 5.44. The summed E-state index contributed by atoms with van der Waals surface area (Å²) in [6.45, 7) is 7.86. The number of carbonyl (C=O) groups excluding carboxylic acids is 1. The Bertz CT molecular complexity index is 763. The maximum atomic E-state index is 13.1. The number of hydrogen-bond acceptors (Lipinski definition) is 3. The van der Waals surface area contributed by atoms with Gasteiger partial charge in [-0.05, 0) is 56.2 Å². The fraction of sp³-hybridized carbons (Fsp3) is 0.650. The SMILES string of the molecule is Cc1ccc(C(=O)N(CC(C)C)C2CC2)cc1S(=O)(=O)N1CCCCC1. The zero-order valence-electron chi connectivity index (χ0n) is 16.1. The number of carbonyl (C=O) groups is 1. The molecule has 1 aliphatic carbocycles. The van der Waals surface area contributed by atoms with Crippen LogP contribution < -0.4 is 0 Å². The Morgan fingerprint density at radius 2 is 1.85 bits per heavy atom. The first-order valence-corrected chi connectivity index (χ1v) is 11.2. The van der Waals surface area contributed by atoms with E-state index in [0.29, 0.717) is 42.7 Å². The molecule has 2 fully saturated rings. The smallest absolute Gasteiger partial charge is 0.254 e. The number of amides is 1. The van der Waals surface area contributed by atoms with Gasteiger partial charge in [0.05, 0.1) is 4.90 Å². The fourth-order valence-electron chi connectivity index (χ4n) is 3.60. The van der Waals surface area contributed by atoms with E-state index in [4.69, 9.17) is 0 Å². The number of rotatable bonds is 6. The van der Waals surface area contributed by atoms with Gasteiger partial charge in [0.25, 0.3) is 5.91 Å². The van der Waals surface area contributed by atoms with Crippen molar-refractivity contribution in [3.8, 4) is 0 Å². The third-order valence-corrected chi connectivity index (χ3v) is 7.22. The maximum Gasteiger partial charge on any atom is 0.254 e. The summed E-state index contributed by atoms with van der Waals surface area (Å²) in [5.74, 6) is 0.345. The van der Waals surface area contributed by atoms with Crippen molar-refractivity contribution in [1.29, 1.82) is 0 Å². The van der Waals surface area contributed by atoms with Crippen LogP contribution in [0.3, 0.4) is 0 Å². The molecule has 144 valence electrons. The summed E-state index contributed by atoms with van der Waals surface area (Å²) in [5, 5.41) is 0. The van der Waals surface area contributed by atoms with Crippen LogP contribution in [0.15, 0.2) is 23.1 Å². The average Bonchev–Trinajstić information content (AvgIpc) is 3.45. The van der Waals surface area contributed by atoms with Gasteiger partial charge in [0.1, 0.15) is 0 Å². The molecule has 1 aromatic carbocycles. The second-order valence-electron chi connectivity index (χ2n) is 8.03. The number of aryl methyl sites for hydroxylation is 1. The van der Waals surface area contributed by atoms with Crippen LogP contribution in [0.25, 0.3) is 0 Å². The number of hydrogen-bond donors (Lipinski definition) is 0. The van der Waals surface area contributed by atoms with Crippen molar-refractivity contribution in [1.82, 2.24) is 9.21 Å². The molecule has 0 atom stereocenters. The van der Waals surface area contributed by atoms with E-state index in [0.717, 1.165) is 32.1 Å². The van der Waals surface area contributed by atoms with Crippen molar-refractivity contribution in [3.63, 3.8) is 0 Å². The van der Waals surface area contributed by atoms with E-state index in [9.17, 15) is 13.2 Å². The van der Waals surface area contributed by atoms with Crippen molar-refractivity contribution < 1.29 is 13.2 Å². The Morgan fingerprint density at radius 1 is 1.19 bits per heavy atom. The van der Waals surface area contributed by atoms with E-state index in [2.05, 4.69) is 13.8 Å². The Morgan fingerprint density at radius 3 is 2.42 bits per heavy atom. The Labute approximate surface area is 157 Å². The van der Waals surface area contributed by atoms with Gasteiger partial charge in [0, 0.05) is 31.2 Å². The summed E-state index contributed by atoms with van der Waals surface area (Å²) in [7, 11) is -3.54. The Balaban J connectivity index is 1.90. The molecule has 3 rings (SSSR count). The predicted octanol–water partition coefficient (Wildman–Crippen LogP) is 3.43. The number of piperidine rings is 1. The molecule has 1 aromatic rings. The van der Waals surface area contributed by atoms with Crippen molar-refractivity contribution in [2.45, 2.75) is 63.8 Å². The Hall–Kier alpha value is -1.40. The maximum absolute atomic E-state index is 13.1. The average molecular weight is 379 g/mol. The first kappa shape index (κ1) is 19.4. The molecule has 0 spiro atoms. The molecule has 0 unspecified atom stereocenters. The quantitative estimate of drug-likeness (QED) is 0.762. The fourth-order valence-corrected chi connectivity index (χ4v) is 5.37. The molecule has 1 heterocycles. The predicted molar refractivity (Wildman–Crippen MR) is 103 cm³/mol. The molecule has 6 heteroatoms. The highest BCUT2D eigenvalue weighted by molar-refractivity contribution is 7.89. The molecule has 1 aliphatic heterocycles. The third-order valence-electron chi connectivity index (χ3n) is 5.18. The monoisotopic (exact) mass is 378 g/mol. The zero-order valence-corrected chi connectivity index (χ0v) is 16.9. The lowest BCUT2D eigenvalue weighted by molar-refractivity contribution is 0.0722. The zero-order chi connectivity index (χ0) is 18.9. The van der Waals surface area contributed by atoms with Gasteiger partial charge in [-0.1, -0.05) is 26.3 Å². The van der Waals surface area contributed by atoms with E-state index in [-0.39, 0.29) is 10.8 Å². The van der Waals surface area contributed by atoms with Crippen LogP contribution in [0.4, 0.5) is 0 Å². The van der Waals surface area contributed by atoms with Gasteiger partial charge in [-0.15, -0.1) is 0 Å². The van der Waals surface area contributed by atoms with Crippen molar-refractivity contribution in [2.75, 3.05) is 19.6 Å². The molecule has 2 aliphatic rings. The third kappa shape index (κ3) is 4.12. The minimum atomic E-state index is -3.54. The number of benzene rings is 1. The van der Waals surface area contributed by atoms with Crippen molar-refractivity contribution >= 4 is 15.9 Å². The summed E-state index contributed by atoms with van der Waals surface area (Å²) in [4.78, 5) is 15.3. The minimum Gasteiger partial charge on any atom is -0.335 e. The van der Waals surface area contributed by atoms with Gasteiger partial charge < -0.3 is 4.90 Å². The van der Waals surface area contributed by atoms with E-state index >= 15 is 0 Å². The largest absolute Gasteiger partial charge is 0.335 e. The van der Waals surface area contributed by atoms with Crippen LogP contribution in [0, 0.1) is 12.8 Å². The molecule has 0 bridgehead atoms. The van der Waals surface area contributed by atoms with Gasteiger partial charge in [-0.2, -0.15) is 4.31 Å². The molecule has 0 radical (unpaired) electrons. The van der Waals surface area contributed by atoms with Crippen LogP contribution in [0.2, 0.25) is 0 Å². The molecule has 5 nitrogen and oxygen atoms in total. The van der Waals surface area contributed by atoms with Gasteiger partial charge in [-0.3, -0.25) is 4.79 Å². The van der Waals surface area contributed by atoms with Crippen LogP contribution >= 0.6 is 0 Å². The van der Waals surface area contributed by atoms with E-state index in [1.54, 1.807) is 29.4 Å². The molecular weight excluding hydrogens is 348 g/mol. The van der Waals surface area contributed by atoms with Crippen LogP contribution in [0.1, 0.15) is 61.9 Å². The van der Waals surface area contributed by atoms with Crippen molar-refractivity contribution in [3.05, 3.63) is 29.3 Å². The van der Waals surface area contributed by atoms with Crippen molar-refractivity contribution in [2.24, 2.45) is 5.92 Å². The first-order chi connectivity index (χ1) is 12.3.